The van der Waals surface area contributed by atoms with Crippen molar-refractivity contribution in [1.82, 2.24) is 9.55 Å². The Balaban J connectivity index is 2.02. The number of aromatic nitrogens is 2. The molecule has 2 aromatic heterocycles. The van der Waals surface area contributed by atoms with Crippen LogP contribution in [-0.2, 0) is 6.54 Å². The largest absolute Gasteiger partial charge is 0.373 e. The summed E-state index contributed by atoms with van der Waals surface area (Å²) in [6, 6.07) is 13.2. The van der Waals surface area contributed by atoms with Crippen molar-refractivity contribution in [2.24, 2.45) is 0 Å². The highest BCUT2D eigenvalue weighted by molar-refractivity contribution is 5.78. The average molecular weight is 265 g/mol. The van der Waals surface area contributed by atoms with E-state index in [9.17, 15) is 4.79 Å². The Morgan fingerprint density at radius 1 is 1.15 bits per heavy atom. The summed E-state index contributed by atoms with van der Waals surface area (Å²) in [5.41, 5.74) is 2.09. The van der Waals surface area contributed by atoms with Crippen molar-refractivity contribution < 1.29 is 0 Å². The van der Waals surface area contributed by atoms with Gasteiger partial charge in [-0.15, -0.1) is 0 Å². The minimum Gasteiger partial charge on any atom is -0.373 e. The monoisotopic (exact) mass is 265 g/mol. The van der Waals surface area contributed by atoms with E-state index in [1.54, 1.807) is 6.07 Å². The van der Waals surface area contributed by atoms with Crippen LogP contribution in [0.2, 0.25) is 0 Å². The number of nitrogens with one attached hydrogen (secondary N) is 1. The van der Waals surface area contributed by atoms with E-state index in [1.165, 1.54) is 0 Å². The molecule has 4 heteroatoms. The number of rotatable bonds is 3. The van der Waals surface area contributed by atoms with E-state index < -0.39 is 0 Å². The molecule has 0 aliphatic carbocycles. The molecule has 0 bridgehead atoms. The maximum Gasteiger partial charge on any atom is 0.189 e. The van der Waals surface area contributed by atoms with Crippen LogP contribution in [0.1, 0.15) is 5.56 Å². The number of benzene rings is 1. The molecule has 0 aliphatic heterocycles. The van der Waals surface area contributed by atoms with E-state index in [0.29, 0.717) is 6.54 Å². The molecule has 2 heterocycles. The van der Waals surface area contributed by atoms with Gasteiger partial charge in [0.25, 0.3) is 0 Å². The molecule has 0 unspecified atom stereocenters. The van der Waals surface area contributed by atoms with Gasteiger partial charge < -0.3 is 9.88 Å². The van der Waals surface area contributed by atoms with Gasteiger partial charge in [-0.25, -0.2) is 4.98 Å². The van der Waals surface area contributed by atoms with Crippen LogP contribution in [0.3, 0.4) is 0 Å². The predicted molar refractivity (Wildman–Crippen MR) is 81.1 cm³/mol. The minimum atomic E-state index is 0.0560. The lowest BCUT2D eigenvalue weighted by molar-refractivity contribution is 0.821. The SMILES string of the molecule is CNc1ccc(Cn2ccc(=O)c3ccccc32)cn1. The summed E-state index contributed by atoms with van der Waals surface area (Å²) in [6.45, 7) is 0.692. The smallest absolute Gasteiger partial charge is 0.189 e. The van der Waals surface area contributed by atoms with Gasteiger partial charge >= 0.3 is 0 Å². The van der Waals surface area contributed by atoms with E-state index in [-0.39, 0.29) is 5.43 Å². The highest BCUT2D eigenvalue weighted by atomic mass is 16.1. The minimum absolute atomic E-state index is 0.0560. The maximum absolute atomic E-state index is 11.8. The van der Waals surface area contributed by atoms with Crippen molar-refractivity contribution in [2.75, 3.05) is 12.4 Å². The van der Waals surface area contributed by atoms with E-state index >= 15 is 0 Å². The van der Waals surface area contributed by atoms with Crippen LogP contribution in [0.5, 0.6) is 0 Å². The molecular weight excluding hydrogens is 250 g/mol. The lowest BCUT2D eigenvalue weighted by Gasteiger charge is -2.10. The number of fused-ring (bicyclic) bond motifs is 1. The summed E-state index contributed by atoms with van der Waals surface area (Å²) in [5, 5.41) is 3.74. The van der Waals surface area contributed by atoms with Gasteiger partial charge in [0.1, 0.15) is 5.82 Å². The van der Waals surface area contributed by atoms with Gasteiger partial charge in [0.15, 0.2) is 5.43 Å². The van der Waals surface area contributed by atoms with Crippen LogP contribution < -0.4 is 10.7 Å². The van der Waals surface area contributed by atoms with E-state index in [4.69, 9.17) is 0 Å². The Hall–Kier alpha value is -2.62. The lowest BCUT2D eigenvalue weighted by atomic mass is 10.2. The van der Waals surface area contributed by atoms with Gasteiger partial charge in [-0.05, 0) is 23.8 Å². The maximum atomic E-state index is 11.8. The fourth-order valence-electron chi connectivity index (χ4n) is 2.26. The summed E-state index contributed by atoms with van der Waals surface area (Å²) in [6.07, 6.45) is 3.68. The summed E-state index contributed by atoms with van der Waals surface area (Å²) in [7, 11) is 1.84. The fourth-order valence-corrected chi connectivity index (χ4v) is 2.26. The van der Waals surface area contributed by atoms with Crippen molar-refractivity contribution >= 4 is 16.7 Å². The Kier molecular flexibility index (Phi) is 3.21. The lowest BCUT2D eigenvalue weighted by Crippen LogP contribution is -2.08. The van der Waals surface area contributed by atoms with Gasteiger partial charge in [0.05, 0.1) is 5.52 Å². The third-order valence-corrected chi connectivity index (χ3v) is 3.32. The molecule has 0 radical (unpaired) electrons. The summed E-state index contributed by atoms with van der Waals surface area (Å²) >= 11 is 0. The second-order valence-electron chi connectivity index (χ2n) is 4.63. The van der Waals surface area contributed by atoms with Gasteiger partial charge in [-0.2, -0.15) is 0 Å². The molecule has 4 nitrogen and oxygen atoms in total. The van der Waals surface area contributed by atoms with E-state index in [2.05, 4.69) is 14.9 Å². The molecule has 3 aromatic rings. The Morgan fingerprint density at radius 2 is 2.00 bits per heavy atom. The van der Waals surface area contributed by atoms with Crippen LogP contribution >= 0.6 is 0 Å². The highest BCUT2D eigenvalue weighted by Crippen LogP contribution is 2.12. The fraction of sp³-hybridized carbons (Fsp3) is 0.125. The van der Waals surface area contributed by atoms with Crippen LogP contribution in [0, 0.1) is 0 Å². The van der Waals surface area contributed by atoms with E-state index in [1.807, 2.05) is 55.8 Å². The number of para-hydroxylation sites is 1. The molecule has 0 atom stereocenters. The molecule has 1 N–H and O–H groups in total. The zero-order valence-electron chi connectivity index (χ0n) is 11.2. The molecule has 0 amide bonds. The molecule has 1 aromatic carbocycles. The van der Waals surface area contributed by atoms with Crippen LogP contribution in [0.15, 0.2) is 59.7 Å². The molecule has 100 valence electrons. The second-order valence-corrected chi connectivity index (χ2v) is 4.63. The molecule has 20 heavy (non-hydrogen) atoms. The molecule has 0 saturated carbocycles. The third-order valence-electron chi connectivity index (χ3n) is 3.32. The van der Waals surface area contributed by atoms with Crippen molar-refractivity contribution in [3.63, 3.8) is 0 Å². The van der Waals surface area contributed by atoms with Crippen LogP contribution in [-0.4, -0.2) is 16.6 Å². The molecule has 0 aliphatic rings. The Morgan fingerprint density at radius 3 is 2.75 bits per heavy atom. The van der Waals surface area contributed by atoms with E-state index in [0.717, 1.165) is 22.3 Å². The number of anilines is 1. The van der Waals surface area contributed by atoms with Crippen molar-refractivity contribution in [1.29, 1.82) is 0 Å². The van der Waals surface area contributed by atoms with Crippen LogP contribution in [0.25, 0.3) is 10.9 Å². The standard InChI is InChI=1S/C16H15N3O/c1-17-16-7-6-12(10-18-16)11-19-9-8-15(20)13-4-2-3-5-14(13)19/h2-10H,11H2,1H3,(H,17,18). The molecule has 0 fully saturated rings. The van der Waals surface area contributed by atoms with Gasteiger partial charge in [0.2, 0.25) is 0 Å². The topological polar surface area (TPSA) is 46.9 Å². The van der Waals surface area contributed by atoms with Crippen LogP contribution in [0.4, 0.5) is 5.82 Å². The quantitative estimate of drug-likeness (QED) is 0.791. The predicted octanol–water partition coefficient (Wildman–Crippen LogP) is 2.49. The zero-order valence-corrected chi connectivity index (χ0v) is 11.2. The average Bonchev–Trinajstić information content (AvgIpc) is 2.51. The molecular formula is C16H15N3O. The number of hydrogen-bond acceptors (Lipinski definition) is 3. The summed E-state index contributed by atoms with van der Waals surface area (Å²) < 4.78 is 2.06. The first kappa shape index (κ1) is 12.4. The highest BCUT2D eigenvalue weighted by Gasteiger charge is 2.03. The Labute approximate surface area is 116 Å². The van der Waals surface area contributed by atoms with Crippen molar-refractivity contribution in [3.05, 3.63) is 70.6 Å². The third kappa shape index (κ3) is 2.28. The van der Waals surface area contributed by atoms with Gasteiger partial charge in [-0.3, -0.25) is 4.79 Å². The van der Waals surface area contributed by atoms with Crippen molar-refractivity contribution in [2.45, 2.75) is 6.54 Å². The number of hydrogen-bond donors (Lipinski definition) is 1. The Bertz CT molecular complexity index is 791. The number of nitrogens with zero attached hydrogens (tertiary/aromatic N) is 2. The van der Waals surface area contributed by atoms with Gasteiger partial charge in [0, 0.05) is 37.4 Å². The summed E-state index contributed by atoms with van der Waals surface area (Å²) in [4.78, 5) is 16.1. The first-order valence-electron chi connectivity index (χ1n) is 6.49. The second kappa shape index (κ2) is 5.17. The zero-order chi connectivity index (χ0) is 13.9. The summed E-state index contributed by atoms with van der Waals surface area (Å²) in [5.74, 6) is 0.846. The molecule has 0 saturated heterocycles. The van der Waals surface area contributed by atoms with Gasteiger partial charge in [-0.1, -0.05) is 18.2 Å². The molecule has 3 rings (SSSR count). The first-order valence-corrected chi connectivity index (χ1v) is 6.49. The first-order chi connectivity index (χ1) is 9.78. The molecule has 0 spiro atoms. The van der Waals surface area contributed by atoms with Crippen molar-refractivity contribution in [3.8, 4) is 0 Å². The normalized spacial score (nSPS) is 10.7. The number of pyridine rings is 2.